The summed E-state index contributed by atoms with van der Waals surface area (Å²) in [6.07, 6.45) is 7.13. The van der Waals surface area contributed by atoms with Crippen LogP contribution in [0.5, 0.6) is 0 Å². The van der Waals surface area contributed by atoms with Crippen LogP contribution in [0, 0.1) is 5.92 Å². The Kier molecular flexibility index (Phi) is 5.04. The van der Waals surface area contributed by atoms with E-state index in [0.717, 1.165) is 12.5 Å². The molecule has 1 nitrogen and oxygen atoms in total. The van der Waals surface area contributed by atoms with Gasteiger partial charge >= 0.3 is 0 Å². The molecule has 1 heterocycles. The molecule has 1 saturated heterocycles. The summed E-state index contributed by atoms with van der Waals surface area (Å²) in [4.78, 5) is 2.77. The standard InChI is InChI=1S/C16H23N.C2H6/c1-14-8-11-17(16(12-14)9-5-10-16)13-15-6-3-2-4-7-15;1-2/h2-4,6-7,14H,5,8-13H2,1H3;1-2H3. The van der Waals surface area contributed by atoms with Gasteiger partial charge in [-0.15, -0.1) is 0 Å². The van der Waals surface area contributed by atoms with Gasteiger partial charge in [0.05, 0.1) is 0 Å². The third kappa shape index (κ3) is 3.20. The second kappa shape index (κ2) is 6.56. The topological polar surface area (TPSA) is 3.24 Å². The van der Waals surface area contributed by atoms with Gasteiger partial charge in [-0.05, 0) is 50.1 Å². The van der Waals surface area contributed by atoms with E-state index in [1.807, 2.05) is 13.8 Å². The van der Waals surface area contributed by atoms with Crippen molar-refractivity contribution in [3.05, 3.63) is 35.9 Å². The van der Waals surface area contributed by atoms with Gasteiger partial charge in [-0.1, -0.05) is 51.1 Å². The summed E-state index contributed by atoms with van der Waals surface area (Å²) in [7, 11) is 0. The summed E-state index contributed by atoms with van der Waals surface area (Å²) in [5, 5.41) is 0. The van der Waals surface area contributed by atoms with E-state index in [4.69, 9.17) is 0 Å². The van der Waals surface area contributed by atoms with E-state index in [1.54, 1.807) is 0 Å². The molecule has 1 aliphatic heterocycles. The zero-order valence-electron chi connectivity index (χ0n) is 12.9. The number of piperidine rings is 1. The zero-order valence-corrected chi connectivity index (χ0v) is 12.9. The third-order valence-electron chi connectivity index (χ3n) is 4.79. The Balaban J connectivity index is 0.000000637. The van der Waals surface area contributed by atoms with Crippen molar-refractivity contribution < 1.29 is 0 Å². The highest BCUT2D eigenvalue weighted by Gasteiger charge is 2.45. The Morgan fingerprint density at radius 2 is 1.84 bits per heavy atom. The maximum atomic E-state index is 2.77. The Labute approximate surface area is 119 Å². The maximum Gasteiger partial charge on any atom is 0.0239 e. The van der Waals surface area contributed by atoms with E-state index in [2.05, 4.69) is 42.2 Å². The van der Waals surface area contributed by atoms with Crippen LogP contribution in [0.3, 0.4) is 0 Å². The molecule has 1 heteroatoms. The van der Waals surface area contributed by atoms with Crippen LogP contribution >= 0.6 is 0 Å². The predicted octanol–water partition coefficient (Wildman–Crippen LogP) is 4.87. The van der Waals surface area contributed by atoms with Crippen LogP contribution in [0.2, 0.25) is 0 Å². The van der Waals surface area contributed by atoms with Crippen molar-refractivity contribution in [2.75, 3.05) is 6.54 Å². The summed E-state index contributed by atoms with van der Waals surface area (Å²) < 4.78 is 0. The normalized spacial score (nSPS) is 25.3. The highest BCUT2D eigenvalue weighted by Crippen LogP contribution is 2.46. The fourth-order valence-corrected chi connectivity index (χ4v) is 3.65. The molecule has 1 spiro atoms. The van der Waals surface area contributed by atoms with Gasteiger partial charge in [0.2, 0.25) is 0 Å². The molecule has 0 radical (unpaired) electrons. The first-order chi connectivity index (χ1) is 9.28. The van der Waals surface area contributed by atoms with Crippen LogP contribution in [-0.2, 0) is 6.54 Å². The maximum absolute atomic E-state index is 2.77. The van der Waals surface area contributed by atoms with Gasteiger partial charge in [-0.25, -0.2) is 0 Å². The van der Waals surface area contributed by atoms with Gasteiger partial charge in [0.15, 0.2) is 0 Å². The van der Waals surface area contributed by atoms with E-state index < -0.39 is 0 Å². The Morgan fingerprint density at radius 1 is 1.16 bits per heavy atom. The second-order valence-electron chi connectivity index (χ2n) is 6.08. The minimum atomic E-state index is 0.577. The van der Waals surface area contributed by atoms with Crippen molar-refractivity contribution in [2.24, 2.45) is 5.92 Å². The van der Waals surface area contributed by atoms with Crippen molar-refractivity contribution in [1.29, 1.82) is 0 Å². The lowest BCUT2D eigenvalue weighted by molar-refractivity contribution is -0.0404. The Bertz CT molecular complexity index is 367. The van der Waals surface area contributed by atoms with Gasteiger partial charge in [0, 0.05) is 12.1 Å². The molecule has 2 fully saturated rings. The van der Waals surface area contributed by atoms with Gasteiger partial charge in [-0.3, -0.25) is 4.90 Å². The first-order valence-corrected chi connectivity index (χ1v) is 8.07. The highest BCUT2D eigenvalue weighted by atomic mass is 15.2. The molecule has 1 aromatic rings. The van der Waals surface area contributed by atoms with Crippen molar-refractivity contribution >= 4 is 0 Å². The van der Waals surface area contributed by atoms with E-state index in [0.29, 0.717) is 5.54 Å². The van der Waals surface area contributed by atoms with Crippen LogP contribution in [-0.4, -0.2) is 17.0 Å². The number of rotatable bonds is 2. The first kappa shape index (κ1) is 14.6. The quantitative estimate of drug-likeness (QED) is 0.732. The second-order valence-corrected chi connectivity index (χ2v) is 6.08. The molecular formula is C18H29N. The van der Waals surface area contributed by atoms with Crippen LogP contribution in [0.4, 0.5) is 0 Å². The summed E-state index contributed by atoms with van der Waals surface area (Å²) in [5.41, 5.74) is 2.06. The number of benzene rings is 1. The first-order valence-electron chi connectivity index (χ1n) is 8.07. The average Bonchev–Trinajstić information content (AvgIpc) is 2.42. The van der Waals surface area contributed by atoms with Crippen LogP contribution < -0.4 is 0 Å². The lowest BCUT2D eigenvalue weighted by Gasteiger charge is -2.55. The minimum absolute atomic E-state index is 0.577. The number of hydrogen-bond acceptors (Lipinski definition) is 1. The number of likely N-dealkylation sites (tertiary alicyclic amines) is 1. The van der Waals surface area contributed by atoms with Crippen LogP contribution in [0.15, 0.2) is 30.3 Å². The molecular weight excluding hydrogens is 230 g/mol. The summed E-state index contributed by atoms with van der Waals surface area (Å²) in [6, 6.07) is 11.0. The molecule has 1 aromatic carbocycles. The minimum Gasteiger partial charge on any atom is -0.293 e. The van der Waals surface area contributed by atoms with Crippen molar-refractivity contribution in [2.45, 2.75) is 65.0 Å². The van der Waals surface area contributed by atoms with Crippen LogP contribution in [0.1, 0.15) is 58.4 Å². The fourth-order valence-electron chi connectivity index (χ4n) is 3.65. The Morgan fingerprint density at radius 3 is 2.42 bits per heavy atom. The molecule has 1 saturated carbocycles. The van der Waals surface area contributed by atoms with Gasteiger partial charge < -0.3 is 0 Å². The Hall–Kier alpha value is -0.820. The molecule has 1 unspecified atom stereocenters. The van der Waals surface area contributed by atoms with E-state index in [1.165, 1.54) is 44.2 Å². The number of nitrogens with zero attached hydrogens (tertiary/aromatic N) is 1. The molecule has 0 aromatic heterocycles. The van der Waals surface area contributed by atoms with E-state index >= 15 is 0 Å². The molecule has 2 aliphatic rings. The molecule has 0 amide bonds. The van der Waals surface area contributed by atoms with E-state index in [9.17, 15) is 0 Å². The lowest BCUT2D eigenvalue weighted by Crippen LogP contribution is -2.57. The molecule has 0 bridgehead atoms. The summed E-state index contributed by atoms with van der Waals surface area (Å²) in [6.45, 7) is 8.89. The third-order valence-corrected chi connectivity index (χ3v) is 4.79. The summed E-state index contributed by atoms with van der Waals surface area (Å²) >= 11 is 0. The van der Waals surface area contributed by atoms with Gasteiger partial charge in [0.25, 0.3) is 0 Å². The molecule has 106 valence electrons. The lowest BCUT2D eigenvalue weighted by atomic mass is 9.67. The number of hydrogen-bond donors (Lipinski definition) is 0. The average molecular weight is 259 g/mol. The van der Waals surface area contributed by atoms with Crippen molar-refractivity contribution in [1.82, 2.24) is 4.90 Å². The zero-order chi connectivity index (χ0) is 13.7. The molecule has 1 aliphatic carbocycles. The SMILES string of the molecule is CC.CC1CCN(Cc2ccccc2)C2(CCC2)C1. The largest absolute Gasteiger partial charge is 0.293 e. The molecule has 19 heavy (non-hydrogen) atoms. The van der Waals surface area contributed by atoms with E-state index in [-0.39, 0.29) is 0 Å². The smallest absolute Gasteiger partial charge is 0.0239 e. The van der Waals surface area contributed by atoms with Gasteiger partial charge in [0.1, 0.15) is 0 Å². The van der Waals surface area contributed by atoms with Crippen LogP contribution in [0.25, 0.3) is 0 Å². The summed E-state index contributed by atoms with van der Waals surface area (Å²) in [5.74, 6) is 0.933. The monoisotopic (exact) mass is 259 g/mol. The molecule has 0 N–H and O–H groups in total. The molecule has 3 rings (SSSR count). The highest BCUT2D eigenvalue weighted by molar-refractivity contribution is 5.16. The predicted molar refractivity (Wildman–Crippen MR) is 83.2 cm³/mol. The fraction of sp³-hybridized carbons (Fsp3) is 0.667. The van der Waals surface area contributed by atoms with Crippen molar-refractivity contribution in [3.63, 3.8) is 0 Å². The van der Waals surface area contributed by atoms with Crippen molar-refractivity contribution in [3.8, 4) is 0 Å². The molecule has 1 atom stereocenters. The van der Waals surface area contributed by atoms with Gasteiger partial charge in [-0.2, -0.15) is 0 Å².